The van der Waals surface area contributed by atoms with Gasteiger partial charge in [-0.25, -0.2) is 8.78 Å². The third kappa shape index (κ3) is 2.46. The van der Waals surface area contributed by atoms with Crippen molar-refractivity contribution in [3.8, 4) is 0 Å². The molecule has 1 saturated heterocycles. The molecule has 0 saturated carbocycles. The Morgan fingerprint density at radius 2 is 1.20 bits per heavy atom. The summed E-state index contributed by atoms with van der Waals surface area (Å²) >= 11 is 0. The quantitative estimate of drug-likeness (QED) is 0.812. The molecule has 3 rings (SSSR count). The van der Waals surface area contributed by atoms with Gasteiger partial charge in [-0.15, -0.1) is 0 Å². The second-order valence-electron chi connectivity index (χ2n) is 5.19. The Bertz CT molecular complexity index is 546. The van der Waals surface area contributed by atoms with Gasteiger partial charge in [-0.3, -0.25) is 4.90 Å². The van der Waals surface area contributed by atoms with Crippen LogP contribution < -0.4 is 0 Å². The lowest BCUT2D eigenvalue weighted by molar-refractivity contribution is 0.270. The highest BCUT2D eigenvalue weighted by Gasteiger charge is 2.28. The number of benzene rings is 2. The van der Waals surface area contributed by atoms with E-state index in [1.165, 1.54) is 12.1 Å². The van der Waals surface area contributed by atoms with Crippen molar-refractivity contribution in [3.05, 3.63) is 71.3 Å². The van der Waals surface area contributed by atoms with E-state index in [-0.39, 0.29) is 17.7 Å². The van der Waals surface area contributed by atoms with Gasteiger partial charge in [-0.05, 0) is 38.1 Å². The third-order valence-electron chi connectivity index (χ3n) is 3.91. The van der Waals surface area contributed by atoms with Gasteiger partial charge in [-0.2, -0.15) is 0 Å². The van der Waals surface area contributed by atoms with Crippen molar-refractivity contribution in [2.45, 2.75) is 18.9 Å². The molecular formula is C17H17F2N. The van der Waals surface area contributed by atoms with Crippen molar-refractivity contribution in [2.75, 3.05) is 13.1 Å². The van der Waals surface area contributed by atoms with E-state index < -0.39 is 0 Å². The largest absolute Gasteiger partial charge is 0.292 e. The van der Waals surface area contributed by atoms with Crippen molar-refractivity contribution >= 4 is 0 Å². The van der Waals surface area contributed by atoms with Crippen LogP contribution in [-0.4, -0.2) is 18.0 Å². The van der Waals surface area contributed by atoms with Crippen LogP contribution >= 0.6 is 0 Å². The van der Waals surface area contributed by atoms with Crippen molar-refractivity contribution < 1.29 is 8.78 Å². The first kappa shape index (κ1) is 13.3. The predicted octanol–water partition coefficient (Wildman–Crippen LogP) is 4.15. The average Bonchev–Trinajstić information content (AvgIpc) is 2.97. The minimum atomic E-state index is -0.333. The van der Waals surface area contributed by atoms with Crippen LogP contribution in [0.3, 0.4) is 0 Å². The summed E-state index contributed by atoms with van der Waals surface area (Å²) in [5.74, 6) is -0.541. The number of hydrogen-bond acceptors (Lipinski definition) is 1. The SMILES string of the molecule is Fc1ccccc1C(c1ccccc1F)N1CCCC1. The molecule has 1 aliphatic rings. The minimum Gasteiger partial charge on any atom is -0.292 e. The maximum absolute atomic E-state index is 14.2. The van der Waals surface area contributed by atoms with Gasteiger partial charge in [0.2, 0.25) is 0 Å². The molecule has 2 aromatic rings. The number of halogens is 2. The van der Waals surface area contributed by atoms with E-state index >= 15 is 0 Å². The fraction of sp³-hybridized carbons (Fsp3) is 0.294. The van der Waals surface area contributed by atoms with Gasteiger partial charge in [0, 0.05) is 11.1 Å². The molecule has 0 spiro atoms. The van der Waals surface area contributed by atoms with Crippen molar-refractivity contribution in [1.29, 1.82) is 0 Å². The highest BCUT2D eigenvalue weighted by Crippen LogP contribution is 2.34. The lowest BCUT2D eigenvalue weighted by atomic mass is 9.96. The normalized spacial score (nSPS) is 15.9. The van der Waals surface area contributed by atoms with E-state index in [0.717, 1.165) is 25.9 Å². The molecule has 0 unspecified atom stereocenters. The molecule has 0 aromatic heterocycles. The molecule has 0 atom stereocenters. The second-order valence-corrected chi connectivity index (χ2v) is 5.19. The van der Waals surface area contributed by atoms with E-state index in [4.69, 9.17) is 0 Å². The first-order valence-electron chi connectivity index (χ1n) is 7.00. The van der Waals surface area contributed by atoms with Crippen LogP contribution in [0.15, 0.2) is 48.5 Å². The molecule has 0 aliphatic carbocycles. The molecule has 104 valence electrons. The topological polar surface area (TPSA) is 3.24 Å². The zero-order valence-electron chi connectivity index (χ0n) is 11.2. The zero-order chi connectivity index (χ0) is 13.9. The highest BCUT2D eigenvalue weighted by atomic mass is 19.1. The number of nitrogens with zero attached hydrogens (tertiary/aromatic N) is 1. The first-order chi connectivity index (χ1) is 9.77. The summed E-state index contributed by atoms with van der Waals surface area (Å²) in [6.45, 7) is 1.76. The Morgan fingerprint density at radius 3 is 1.65 bits per heavy atom. The van der Waals surface area contributed by atoms with Crippen LogP contribution in [0.2, 0.25) is 0 Å². The van der Waals surface area contributed by atoms with Crippen LogP contribution in [0.4, 0.5) is 8.78 Å². The Morgan fingerprint density at radius 1 is 0.750 bits per heavy atom. The summed E-state index contributed by atoms with van der Waals surface area (Å²) in [6.07, 6.45) is 2.17. The van der Waals surface area contributed by atoms with Gasteiger partial charge in [0.15, 0.2) is 0 Å². The molecule has 3 heteroatoms. The van der Waals surface area contributed by atoms with Gasteiger partial charge in [0.1, 0.15) is 11.6 Å². The van der Waals surface area contributed by atoms with Crippen LogP contribution in [0.25, 0.3) is 0 Å². The van der Waals surface area contributed by atoms with Crippen LogP contribution in [-0.2, 0) is 0 Å². The summed E-state index contributed by atoms with van der Waals surface area (Å²) in [6, 6.07) is 13.0. The van der Waals surface area contributed by atoms with E-state index in [2.05, 4.69) is 4.90 Å². The maximum atomic E-state index is 14.2. The second kappa shape index (κ2) is 5.71. The summed E-state index contributed by atoms with van der Waals surface area (Å²) in [5, 5.41) is 0. The van der Waals surface area contributed by atoms with E-state index in [0.29, 0.717) is 11.1 Å². The number of hydrogen-bond donors (Lipinski definition) is 0. The van der Waals surface area contributed by atoms with Crippen molar-refractivity contribution in [1.82, 2.24) is 4.90 Å². The molecule has 1 heterocycles. The van der Waals surface area contributed by atoms with Crippen LogP contribution in [0.1, 0.15) is 30.0 Å². The molecule has 2 aromatic carbocycles. The van der Waals surface area contributed by atoms with E-state index in [9.17, 15) is 8.78 Å². The van der Waals surface area contributed by atoms with Gasteiger partial charge in [-0.1, -0.05) is 36.4 Å². The van der Waals surface area contributed by atoms with Crippen molar-refractivity contribution in [3.63, 3.8) is 0 Å². The zero-order valence-corrected chi connectivity index (χ0v) is 11.2. The Hall–Kier alpha value is -1.74. The molecule has 1 fully saturated rings. The highest BCUT2D eigenvalue weighted by molar-refractivity contribution is 5.34. The summed E-state index contributed by atoms with van der Waals surface area (Å²) in [5.41, 5.74) is 1.11. The lowest BCUT2D eigenvalue weighted by Gasteiger charge is -2.29. The lowest BCUT2D eigenvalue weighted by Crippen LogP contribution is -2.28. The number of rotatable bonds is 3. The van der Waals surface area contributed by atoms with Gasteiger partial charge in [0.25, 0.3) is 0 Å². The monoisotopic (exact) mass is 273 g/mol. The molecule has 0 bridgehead atoms. The molecule has 0 radical (unpaired) electrons. The Kier molecular flexibility index (Phi) is 3.79. The Balaban J connectivity index is 2.09. The summed E-state index contributed by atoms with van der Waals surface area (Å²) < 4.78 is 28.3. The fourth-order valence-corrected chi connectivity index (χ4v) is 2.95. The standard InChI is InChI=1S/C17H17F2N/c18-15-9-3-1-7-13(15)17(20-11-5-6-12-20)14-8-2-4-10-16(14)19/h1-4,7-10,17H,5-6,11-12H2. The molecule has 1 nitrogen and oxygen atoms in total. The molecular weight excluding hydrogens is 256 g/mol. The van der Waals surface area contributed by atoms with E-state index in [1.54, 1.807) is 24.3 Å². The Labute approximate surface area is 117 Å². The van der Waals surface area contributed by atoms with Gasteiger partial charge < -0.3 is 0 Å². The fourth-order valence-electron chi connectivity index (χ4n) is 2.95. The maximum Gasteiger partial charge on any atom is 0.128 e. The van der Waals surface area contributed by atoms with Crippen molar-refractivity contribution in [2.24, 2.45) is 0 Å². The average molecular weight is 273 g/mol. The molecule has 20 heavy (non-hydrogen) atoms. The van der Waals surface area contributed by atoms with E-state index in [1.807, 2.05) is 12.1 Å². The molecule has 1 aliphatic heterocycles. The van der Waals surface area contributed by atoms with Crippen LogP contribution in [0.5, 0.6) is 0 Å². The smallest absolute Gasteiger partial charge is 0.128 e. The first-order valence-corrected chi connectivity index (χ1v) is 7.00. The molecule has 0 amide bonds. The van der Waals surface area contributed by atoms with Gasteiger partial charge >= 0.3 is 0 Å². The summed E-state index contributed by atoms with van der Waals surface area (Å²) in [7, 11) is 0. The number of likely N-dealkylation sites (tertiary alicyclic amines) is 1. The molecule has 0 N–H and O–H groups in total. The third-order valence-corrected chi connectivity index (χ3v) is 3.91. The predicted molar refractivity (Wildman–Crippen MR) is 75.5 cm³/mol. The van der Waals surface area contributed by atoms with Gasteiger partial charge in [0.05, 0.1) is 6.04 Å². The minimum absolute atomic E-state index is 0.271. The van der Waals surface area contributed by atoms with Crippen LogP contribution in [0, 0.1) is 11.6 Å². The summed E-state index contributed by atoms with van der Waals surface area (Å²) in [4.78, 5) is 2.16.